The summed E-state index contributed by atoms with van der Waals surface area (Å²) >= 11 is 4.98. The monoisotopic (exact) mass is 316 g/mol. The van der Waals surface area contributed by atoms with Crippen LogP contribution in [0.1, 0.15) is 25.3 Å². The number of unbranched alkanes of at least 4 members (excludes halogenated alkanes) is 1. The van der Waals surface area contributed by atoms with Crippen LogP contribution in [0.4, 0.5) is 0 Å². The van der Waals surface area contributed by atoms with Crippen LogP contribution in [0, 0.1) is 6.92 Å². The molecule has 7 heteroatoms. The Morgan fingerprint density at radius 3 is 2.65 bits per heavy atom. The Morgan fingerprint density at radius 2 is 2.10 bits per heavy atom. The summed E-state index contributed by atoms with van der Waals surface area (Å²) in [7, 11) is -2.13. The molecule has 0 unspecified atom stereocenters. The van der Waals surface area contributed by atoms with Gasteiger partial charge in [-0.3, -0.25) is 4.72 Å². The lowest BCUT2D eigenvalue weighted by atomic mass is 10.2. The zero-order chi connectivity index (χ0) is 15.2. The lowest BCUT2D eigenvalue weighted by Gasteiger charge is -2.13. The highest BCUT2D eigenvalue weighted by Gasteiger charge is 2.18. The van der Waals surface area contributed by atoms with Gasteiger partial charge in [-0.1, -0.05) is 13.3 Å². The van der Waals surface area contributed by atoms with E-state index in [9.17, 15) is 8.42 Å². The van der Waals surface area contributed by atoms with E-state index in [1.54, 1.807) is 19.1 Å². The van der Waals surface area contributed by atoms with Gasteiger partial charge in [0.15, 0.2) is 5.11 Å². The van der Waals surface area contributed by atoms with Crippen LogP contribution < -0.4 is 14.8 Å². The largest absolute Gasteiger partial charge is 0.497 e. The molecule has 0 spiro atoms. The van der Waals surface area contributed by atoms with E-state index in [0.717, 1.165) is 12.8 Å². The third kappa shape index (κ3) is 4.64. The van der Waals surface area contributed by atoms with Crippen molar-refractivity contribution < 1.29 is 13.2 Å². The minimum Gasteiger partial charge on any atom is -0.497 e. The van der Waals surface area contributed by atoms with E-state index >= 15 is 0 Å². The second-order valence-electron chi connectivity index (χ2n) is 4.35. The van der Waals surface area contributed by atoms with E-state index < -0.39 is 10.0 Å². The van der Waals surface area contributed by atoms with Crippen LogP contribution in [0.2, 0.25) is 0 Å². The van der Waals surface area contributed by atoms with Crippen molar-refractivity contribution in [3.63, 3.8) is 0 Å². The van der Waals surface area contributed by atoms with Crippen LogP contribution in [-0.2, 0) is 10.0 Å². The summed E-state index contributed by atoms with van der Waals surface area (Å²) in [6, 6.07) is 4.78. The fraction of sp³-hybridized carbons (Fsp3) is 0.462. The summed E-state index contributed by atoms with van der Waals surface area (Å²) in [6.45, 7) is 4.42. The van der Waals surface area contributed by atoms with Gasteiger partial charge in [-0.05, 0) is 49.3 Å². The maximum Gasteiger partial charge on any atom is 0.263 e. The fourth-order valence-electron chi connectivity index (χ4n) is 1.64. The van der Waals surface area contributed by atoms with Gasteiger partial charge in [0.1, 0.15) is 5.75 Å². The van der Waals surface area contributed by atoms with E-state index in [0.29, 0.717) is 17.9 Å². The molecular formula is C13H20N2O3S2. The number of rotatable bonds is 6. The fourth-order valence-corrected chi connectivity index (χ4v) is 3.23. The molecule has 20 heavy (non-hydrogen) atoms. The number of ether oxygens (including phenoxy) is 1. The number of hydrogen-bond acceptors (Lipinski definition) is 4. The van der Waals surface area contributed by atoms with Gasteiger partial charge in [-0.15, -0.1) is 0 Å². The number of hydrogen-bond donors (Lipinski definition) is 2. The molecule has 0 heterocycles. The highest BCUT2D eigenvalue weighted by atomic mass is 32.2. The summed E-state index contributed by atoms with van der Waals surface area (Å²) in [5.41, 5.74) is 0.605. The molecule has 0 aliphatic carbocycles. The Balaban J connectivity index is 2.81. The Morgan fingerprint density at radius 1 is 1.40 bits per heavy atom. The van der Waals surface area contributed by atoms with Crippen molar-refractivity contribution >= 4 is 27.4 Å². The SMILES string of the molecule is CCCCNC(=S)NS(=O)(=O)c1ccc(OC)cc1C. The molecule has 0 amide bonds. The predicted molar refractivity (Wildman–Crippen MR) is 83.6 cm³/mol. The van der Waals surface area contributed by atoms with Crippen LogP contribution in [0.25, 0.3) is 0 Å². The van der Waals surface area contributed by atoms with Crippen LogP contribution >= 0.6 is 12.2 Å². The van der Waals surface area contributed by atoms with Crippen molar-refractivity contribution in [3.8, 4) is 5.75 Å². The van der Waals surface area contributed by atoms with Gasteiger partial charge in [0.05, 0.1) is 12.0 Å². The summed E-state index contributed by atoms with van der Waals surface area (Å²) in [6.07, 6.45) is 1.95. The lowest BCUT2D eigenvalue weighted by Crippen LogP contribution is -2.39. The number of thiocarbonyl (C=S) groups is 1. The van der Waals surface area contributed by atoms with E-state index in [1.807, 2.05) is 0 Å². The number of aryl methyl sites for hydroxylation is 1. The van der Waals surface area contributed by atoms with Crippen LogP contribution in [-0.4, -0.2) is 27.2 Å². The molecule has 112 valence electrons. The highest BCUT2D eigenvalue weighted by molar-refractivity contribution is 7.91. The summed E-state index contributed by atoms with van der Waals surface area (Å²) in [4.78, 5) is 0.193. The Bertz CT molecular complexity index is 571. The molecule has 1 aromatic rings. The minimum absolute atomic E-state index is 0.119. The van der Waals surface area contributed by atoms with Gasteiger partial charge in [-0.25, -0.2) is 8.42 Å². The summed E-state index contributed by atoms with van der Waals surface area (Å²) in [5.74, 6) is 0.616. The van der Waals surface area contributed by atoms with Crippen LogP contribution in [0.3, 0.4) is 0 Å². The van der Waals surface area contributed by atoms with Crippen molar-refractivity contribution in [2.24, 2.45) is 0 Å². The Labute approximate surface area is 125 Å². The van der Waals surface area contributed by atoms with Crippen molar-refractivity contribution in [1.82, 2.24) is 10.0 Å². The van der Waals surface area contributed by atoms with Gasteiger partial charge in [-0.2, -0.15) is 0 Å². The van der Waals surface area contributed by atoms with Crippen molar-refractivity contribution in [2.45, 2.75) is 31.6 Å². The van der Waals surface area contributed by atoms with Gasteiger partial charge >= 0.3 is 0 Å². The number of benzene rings is 1. The lowest BCUT2D eigenvalue weighted by molar-refractivity contribution is 0.414. The third-order valence-electron chi connectivity index (χ3n) is 2.71. The zero-order valence-electron chi connectivity index (χ0n) is 11.9. The van der Waals surface area contributed by atoms with Gasteiger partial charge in [0.25, 0.3) is 10.0 Å². The van der Waals surface area contributed by atoms with Gasteiger partial charge in [0.2, 0.25) is 0 Å². The standard InChI is InChI=1S/C13H20N2O3S2/c1-4-5-8-14-13(19)15-20(16,17)12-7-6-11(18-3)9-10(12)2/h6-7,9H,4-5,8H2,1-3H3,(H2,14,15,19). The minimum atomic E-state index is -3.66. The summed E-state index contributed by atoms with van der Waals surface area (Å²) < 4.78 is 31.9. The van der Waals surface area contributed by atoms with E-state index in [-0.39, 0.29) is 10.0 Å². The van der Waals surface area contributed by atoms with Gasteiger partial charge < -0.3 is 10.1 Å². The molecule has 0 atom stereocenters. The van der Waals surface area contributed by atoms with Crippen molar-refractivity contribution in [1.29, 1.82) is 0 Å². The molecule has 0 aliphatic heterocycles. The molecule has 0 fully saturated rings. The number of nitrogens with one attached hydrogen (secondary N) is 2. The molecule has 1 aromatic carbocycles. The summed E-state index contributed by atoms with van der Waals surface area (Å²) in [5, 5.41) is 2.99. The smallest absolute Gasteiger partial charge is 0.263 e. The second kappa shape index (κ2) is 7.44. The second-order valence-corrected chi connectivity index (χ2v) is 6.41. The first kappa shape index (κ1) is 16.7. The zero-order valence-corrected chi connectivity index (χ0v) is 13.5. The molecule has 0 saturated carbocycles. The molecule has 0 aromatic heterocycles. The predicted octanol–water partition coefficient (Wildman–Crippen LogP) is 1.96. The number of methoxy groups -OCH3 is 1. The number of sulfonamides is 1. The topological polar surface area (TPSA) is 67.4 Å². The molecule has 0 aliphatic rings. The first-order chi connectivity index (χ1) is 9.40. The van der Waals surface area contributed by atoms with E-state index in [4.69, 9.17) is 17.0 Å². The van der Waals surface area contributed by atoms with Crippen molar-refractivity contribution in [2.75, 3.05) is 13.7 Å². The van der Waals surface area contributed by atoms with Crippen molar-refractivity contribution in [3.05, 3.63) is 23.8 Å². The average molecular weight is 316 g/mol. The highest BCUT2D eigenvalue weighted by Crippen LogP contribution is 2.20. The first-order valence-electron chi connectivity index (χ1n) is 6.36. The normalized spacial score (nSPS) is 10.9. The van der Waals surface area contributed by atoms with E-state index in [1.165, 1.54) is 13.2 Å². The Hall–Kier alpha value is -1.34. The quantitative estimate of drug-likeness (QED) is 0.620. The van der Waals surface area contributed by atoms with E-state index in [2.05, 4.69) is 17.0 Å². The average Bonchev–Trinajstić information content (AvgIpc) is 2.37. The third-order valence-corrected chi connectivity index (χ3v) is 4.60. The van der Waals surface area contributed by atoms with Crippen LogP contribution in [0.15, 0.2) is 23.1 Å². The van der Waals surface area contributed by atoms with Gasteiger partial charge in [0, 0.05) is 6.54 Å². The molecule has 0 bridgehead atoms. The maximum absolute atomic E-state index is 12.2. The first-order valence-corrected chi connectivity index (χ1v) is 8.25. The molecule has 2 N–H and O–H groups in total. The van der Waals surface area contributed by atoms with Crippen LogP contribution in [0.5, 0.6) is 5.75 Å². The molecule has 0 saturated heterocycles. The molecule has 1 rings (SSSR count). The Kier molecular flexibility index (Phi) is 6.22. The maximum atomic E-state index is 12.2. The molecule has 0 radical (unpaired) electrons. The molecule has 5 nitrogen and oxygen atoms in total. The molecular weight excluding hydrogens is 296 g/mol.